The largest absolute Gasteiger partial charge is 0.391 e. The number of rotatable bonds is 9. The molecule has 4 nitrogen and oxygen atoms in total. The van der Waals surface area contributed by atoms with Crippen LogP contribution in [0.5, 0.6) is 0 Å². The fraction of sp³-hybridized carbons (Fsp3) is 0.889. The lowest BCUT2D eigenvalue weighted by Crippen LogP contribution is -2.26. The maximum atomic E-state index is 5.38. The summed E-state index contributed by atoms with van der Waals surface area (Å²) in [7, 11) is 1.65. The molecule has 0 saturated heterocycles. The van der Waals surface area contributed by atoms with Gasteiger partial charge in [-0.15, -0.1) is 0 Å². The molecule has 0 rings (SSSR count). The summed E-state index contributed by atoms with van der Waals surface area (Å²) in [4.78, 5) is 0.394. The average Bonchev–Trinajstić information content (AvgIpc) is 2.16. The van der Waals surface area contributed by atoms with Crippen LogP contribution in [0.1, 0.15) is 13.3 Å². The number of hydrogen-bond donors (Lipinski definition) is 1. The van der Waals surface area contributed by atoms with Crippen molar-refractivity contribution >= 4 is 17.2 Å². The van der Waals surface area contributed by atoms with Gasteiger partial charge in [0.05, 0.1) is 13.2 Å². The van der Waals surface area contributed by atoms with Gasteiger partial charge in [0.1, 0.15) is 11.1 Å². The van der Waals surface area contributed by atoms with E-state index in [1.54, 1.807) is 7.11 Å². The molecular weight excluding hydrogens is 202 g/mol. The predicted molar refractivity (Wildman–Crippen MR) is 59.5 cm³/mol. The van der Waals surface area contributed by atoms with Crippen LogP contribution < -0.4 is 5.73 Å². The molecule has 84 valence electrons. The minimum absolute atomic E-state index is 0.149. The number of nitrogens with two attached hydrogens (primary N) is 1. The lowest BCUT2D eigenvalue weighted by atomic mass is 10.4. The van der Waals surface area contributed by atoms with Crippen molar-refractivity contribution in [3.63, 3.8) is 0 Å². The maximum absolute atomic E-state index is 5.38. The van der Waals surface area contributed by atoms with Gasteiger partial charge < -0.3 is 19.9 Å². The summed E-state index contributed by atoms with van der Waals surface area (Å²) >= 11 is 4.76. The highest BCUT2D eigenvalue weighted by Gasteiger charge is 2.03. The first-order valence-electron chi connectivity index (χ1n) is 4.66. The third-order valence-electron chi connectivity index (χ3n) is 1.63. The van der Waals surface area contributed by atoms with Gasteiger partial charge in [-0.05, 0) is 13.3 Å². The molecule has 0 bridgehead atoms. The summed E-state index contributed by atoms with van der Waals surface area (Å²) in [6, 6.07) is 0. The summed E-state index contributed by atoms with van der Waals surface area (Å²) in [6.45, 7) is 4.39. The molecule has 14 heavy (non-hydrogen) atoms. The number of methoxy groups -OCH3 is 1. The standard InChI is InChI=1S/C9H19NO3S/c1-8(9(10)14)13-5-3-4-12-7-6-11-2/h8H,3-7H2,1-2H3,(H2,10,14). The van der Waals surface area contributed by atoms with Crippen molar-refractivity contribution in [3.8, 4) is 0 Å². The van der Waals surface area contributed by atoms with E-state index in [1.807, 2.05) is 6.92 Å². The van der Waals surface area contributed by atoms with Gasteiger partial charge in [-0.1, -0.05) is 12.2 Å². The first-order valence-corrected chi connectivity index (χ1v) is 5.07. The van der Waals surface area contributed by atoms with E-state index < -0.39 is 0 Å². The molecule has 0 aliphatic heterocycles. The van der Waals surface area contributed by atoms with E-state index in [9.17, 15) is 0 Å². The molecule has 0 aromatic rings. The highest BCUT2D eigenvalue weighted by molar-refractivity contribution is 7.80. The molecule has 0 aromatic heterocycles. The second-order valence-electron chi connectivity index (χ2n) is 2.87. The Hall–Kier alpha value is -0.230. The van der Waals surface area contributed by atoms with Gasteiger partial charge in [0.25, 0.3) is 0 Å². The average molecular weight is 221 g/mol. The van der Waals surface area contributed by atoms with Crippen molar-refractivity contribution in [1.29, 1.82) is 0 Å². The molecule has 0 spiro atoms. The quantitative estimate of drug-likeness (QED) is 0.459. The molecule has 0 saturated carbocycles. The number of ether oxygens (including phenoxy) is 3. The van der Waals surface area contributed by atoms with Gasteiger partial charge in [-0.2, -0.15) is 0 Å². The van der Waals surface area contributed by atoms with Crippen molar-refractivity contribution in [2.24, 2.45) is 5.73 Å². The predicted octanol–water partition coefficient (Wildman–Crippen LogP) is 0.731. The topological polar surface area (TPSA) is 53.7 Å². The van der Waals surface area contributed by atoms with E-state index >= 15 is 0 Å². The van der Waals surface area contributed by atoms with E-state index in [2.05, 4.69) is 0 Å². The van der Waals surface area contributed by atoms with Crippen LogP contribution in [0, 0.1) is 0 Å². The molecule has 0 aromatic carbocycles. The molecule has 1 unspecified atom stereocenters. The molecule has 0 heterocycles. The third kappa shape index (κ3) is 8.37. The molecular formula is C9H19NO3S. The minimum Gasteiger partial charge on any atom is -0.391 e. The van der Waals surface area contributed by atoms with Crippen LogP contribution in [-0.4, -0.2) is 44.6 Å². The molecule has 0 amide bonds. The summed E-state index contributed by atoms with van der Waals surface area (Å²) in [5.41, 5.74) is 5.38. The molecule has 0 fully saturated rings. The van der Waals surface area contributed by atoms with E-state index in [0.29, 0.717) is 31.4 Å². The van der Waals surface area contributed by atoms with Crippen LogP contribution in [0.15, 0.2) is 0 Å². The Morgan fingerprint density at radius 1 is 1.29 bits per heavy atom. The fourth-order valence-electron chi connectivity index (χ4n) is 0.748. The zero-order valence-corrected chi connectivity index (χ0v) is 9.64. The van der Waals surface area contributed by atoms with Crippen molar-refractivity contribution in [2.75, 3.05) is 33.5 Å². The number of thiocarbonyl (C=S) groups is 1. The van der Waals surface area contributed by atoms with Gasteiger partial charge in [-0.25, -0.2) is 0 Å². The Morgan fingerprint density at radius 2 is 2.00 bits per heavy atom. The van der Waals surface area contributed by atoms with Crippen molar-refractivity contribution in [3.05, 3.63) is 0 Å². The molecule has 2 N–H and O–H groups in total. The third-order valence-corrected chi connectivity index (χ3v) is 1.97. The summed E-state index contributed by atoms with van der Waals surface area (Å²) in [6.07, 6.45) is 0.695. The van der Waals surface area contributed by atoms with Crippen molar-refractivity contribution in [1.82, 2.24) is 0 Å². The Labute approximate surface area is 90.7 Å². The van der Waals surface area contributed by atoms with Crippen LogP contribution in [0.25, 0.3) is 0 Å². The molecule has 0 radical (unpaired) electrons. The SMILES string of the molecule is COCCOCCCOC(C)C(N)=S. The van der Waals surface area contributed by atoms with Gasteiger partial charge >= 0.3 is 0 Å². The van der Waals surface area contributed by atoms with Crippen LogP contribution in [-0.2, 0) is 14.2 Å². The minimum atomic E-state index is -0.149. The van der Waals surface area contributed by atoms with Gasteiger partial charge in [0, 0.05) is 20.3 Å². The van der Waals surface area contributed by atoms with E-state index in [1.165, 1.54) is 0 Å². The maximum Gasteiger partial charge on any atom is 0.104 e. The summed E-state index contributed by atoms with van der Waals surface area (Å²) in [5.74, 6) is 0. The highest BCUT2D eigenvalue weighted by Crippen LogP contribution is 1.93. The van der Waals surface area contributed by atoms with Crippen molar-refractivity contribution < 1.29 is 14.2 Å². The summed E-state index contributed by atoms with van der Waals surface area (Å²) < 4.78 is 15.4. The fourth-order valence-corrected chi connectivity index (χ4v) is 0.816. The molecule has 0 aliphatic carbocycles. The zero-order valence-electron chi connectivity index (χ0n) is 8.82. The van der Waals surface area contributed by atoms with Crippen LogP contribution in [0.2, 0.25) is 0 Å². The van der Waals surface area contributed by atoms with E-state index in [0.717, 1.165) is 6.42 Å². The number of hydrogen-bond acceptors (Lipinski definition) is 4. The van der Waals surface area contributed by atoms with Crippen LogP contribution in [0.4, 0.5) is 0 Å². The Bertz CT molecular complexity index is 155. The Morgan fingerprint density at radius 3 is 2.57 bits per heavy atom. The molecule has 0 aliphatic rings. The molecule has 1 atom stereocenters. The lowest BCUT2D eigenvalue weighted by molar-refractivity contribution is 0.0461. The molecule has 5 heteroatoms. The second kappa shape index (κ2) is 9.33. The first kappa shape index (κ1) is 13.8. The monoisotopic (exact) mass is 221 g/mol. The van der Waals surface area contributed by atoms with Crippen LogP contribution in [0.3, 0.4) is 0 Å². The zero-order chi connectivity index (χ0) is 10.8. The van der Waals surface area contributed by atoms with Crippen LogP contribution >= 0.6 is 12.2 Å². The Kier molecular flexibility index (Phi) is 9.18. The van der Waals surface area contributed by atoms with Gasteiger partial charge in [0.2, 0.25) is 0 Å². The van der Waals surface area contributed by atoms with Gasteiger partial charge in [-0.3, -0.25) is 0 Å². The van der Waals surface area contributed by atoms with E-state index in [-0.39, 0.29) is 6.10 Å². The van der Waals surface area contributed by atoms with Gasteiger partial charge in [0.15, 0.2) is 0 Å². The second-order valence-corrected chi connectivity index (χ2v) is 3.35. The van der Waals surface area contributed by atoms with Crippen molar-refractivity contribution in [2.45, 2.75) is 19.4 Å². The Balaban J connectivity index is 3.09. The van der Waals surface area contributed by atoms with E-state index in [4.69, 9.17) is 32.2 Å². The highest BCUT2D eigenvalue weighted by atomic mass is 32.1. The normalized spacial score (nSPS) is 12.7. The first-order chi connectivity index (χ1) is 6.68. The smallest absolute Gasteiger partial charge is 0.104 e. The lowest BCUT2D eigenvalue weighted by Gasteiger charge is -2.10. The summed E-state index contributed by atoms with van der Waals surface area (Å²) in [5, 5.41) is 0.